The molecule has 1 aromatic carbocycles. The van der Waals surface area contributed by atoms with Crippen LogP contribution in [0.25, 0.3) is 0 Å². The summed E-state index contributed by atoms with van der Waals surface area (Å²) in [5.41, 5.74) is 0.523. The summed E-state index contributed by atoms with van der Waals surface area (Å²) in [7, 11) is 0. The van der Waals surface area contributed by atoms with Crippen LogP contribution in [0.1, 0.15) is 33.1 Å². The van der Waals surface area contributed by atoms with Crippen LogP contribution in [0.15, 0.2) is 24.3 Å². The Morgan fingerprint density at radius 3 is 2.55 bits per heavy atom. The number of nitrogens with zero attached hydrogens (tertiary/aromatic N) is 2. The Bertz CT molecular complexity index is 475. The smallest absolute Gasteiger partial charge is 0.123 e. The number of hydrogen-bond donors (Lipinski definition) is 1. The first-order valence-electron chi connectivity index (χ1n) is 7.26. The highest BCUT2D eigenvalue weighted by Gasteiger charge is 2.32. The predicted octanol–water partition coefficient (Wildman–Crippen LogP) is 3.08. The maximum Gasteiger partial charge on any atom is 0.123 e. The summed E-state index contributed by atoms with van der Waals surface area (Å²) in [5, 5.41) is 12.8. The van der Waals surface area contributed by atoms with Gasteiger partial charge in [0.25, 0.3) is 0 Å². The molecule has 1 atom stereocenters. The van der Waals surface area contributed by atoms with Gasteiger partial charge < -0.3 is 4.90 Å². The Kier molecular flexibility index (Phi) is 4.61. The van der Waals surface area contributed by atoms with Gasteiger partial charge in [-0.05, 0) is 57.4 Å². The minimum atomic E-state index is -0.478. The lowest BCUT2D eigenvalue weighted by molar-refractivity contribution is 0.415. The van der Waals surface area contributed by atoms with Crippen molar-refractivity contribution in [1.82, 2.24) is 5.32 Å². The summed E-state index contributed by atoms with van der Waals surface area (Å²) >= 11 is 0. The van der Waals surface area contributed by atoms with Crippen LogP contribution in [0.2, 0.25) is 0 Å². The molecule has 1 unspecified atom stereocenters. The molecule has 2 rings (SSSR count). The minimum absolute atomic E-state index is 0.220. The van der Waals surface area contributed by atoms with E-state index in [4.69, 9.17) is 0 Å². The fourth-order valence-corrected chi connectivity index (χ4v) is 2.32. The van der Waals surface area contributed by atoms with Gasteiger partial charge in [0.1, 0.15) is 11.4 Å². The molecule has 3 nitrogen and oxygen atoms in total. The summed E-state index contributed by atoms with van der Waals surface area (Å²) < 4.78 is 13.0. The van der Waals surface area contributed by atoms with Gasteiger partial charge in [-0.2, -0.15) is 5.26 Å². The van der Waals surface area contributed by atoms with Crippen LogP contribution in [-0.2, 0) is 0 Å². The molecule has 0 spiro atoms. The van der Waals surface area contributed by atoms with Gasteiger partial charge in [0.15, 0.2) is 0 Å². The van der Waals surface area contributed by atoms with Crippen molar-refractivity contribution in [2.75, 3.05) is 18.0 Å². The van der Waals surface area contributed by atoms with E-state index >= 15 is 0 Å². The lowest BCUT2D eigenvalue weighted by Gasteiger charge is -2.29. The van der Waals surface area contributed by atoms with Crippen molar-refractivity contribution in [3.8, 4) is 6.07 Å². The van der Waals surface area contributed by atoms with E-state index in [1.807, 2.05) is 6.92 Å². The lowest BCUT2D eigenvalue weighted by Crippen LogP contribution is -2.45. The molecule has 0 radical (unpaired) electrons. The van der Waals surface area contributed by atoms with E-state index in [1.54, 1.807) is 12.1 Å². The molecule has 1 aromatic rings. The third kappa shape index (κ3) is 3.94. The van der Waals surface area contributed by atoms with Crippen LogP contribution in [-0.4, -0.2) is 24.7 Å². The fraction of sp³-hybridized carbons (Fsp3) is 0.562. The van der Waals surface area contributed by atoms with Gasteiger partial charge in [-0.15, -0.1) is 0 Å². The fourth-order valence-electron chi connectivity index (χ4n) is 2.32. The third-order valence-electron chi connectivity index (χ3n) is 3.80. The SMILES string of the molecule is CCN(CCC(C)(C#N)NC1CC1)c1ccc(F)cc1. The quantitative estimate of drug-likeness (QED) is 0.831. The van der Waals surface area contributed by atoms with Crippen molar-refractivity contribution in [3.05, 3.63) is 30.1 Å². The van der Waals surface area contributed by atoms with Crippen LogP contribution >= 0.6 is 0 Å². The van der Waals surface area contributed by atoms with Gasteiger partial charge >= 0.3 is 0 Å². The van der Waals surface area contributed by atoms with E-state index in [2.05, 4.69) is 23.2 Å². The largest absolute Gasteiger partial charge is 0.372 e. The summed E-state index contributed by atoms with van der Waals surface area (Å²) in [6, 6.07) is 9.44. The van der Waals surface area contributed by atoms with Gasteiger partial charge in [0.2, 0.25) is 0 Å². The highest BCUT2D eigenvalue weighted by atomic mass is 19.1. The Morgan fingerprint density at radius 1 is 1.40 bits per heavy atom. The average Bonchev–Trinajstić information content (AvgIpc) is 3.25. The number of hydrogen-bond acceptors (Lipinski definition) is 3. The number of nitrogens with one attached hydrogen (secondary N) is 1. The molecule has 0 bridgehead atoms. The van der Waals surface area contributed by atoms with E-state index in [1.165, 1.54) is 25.0 Å². The summed E-state index contributed by atoms with van der Waals surface area (Å²) in [5.74, 6) is -0.220. The number of anilines is 1. The third-order valence-corrected chi connectivity index (χ3v) is 3.80. The number of benzene rings is 1. The molecule has 0 heterocycles. The van der Waals surface area contributed by atoms with Crippen LogP contribution in [0.5, 0.6) is 0 Å². The number of nitriles is 1. The molecule has 0 aliphatic heterocycles. The molecule has 0 aromatic heterocycles. The molecule has 1 saturated carbocycles. The highest BCUT2D eigenvalue weighted by Crippen LogP contribution is 2.24. The second kappa shape index (κ2) is 6.23. The monoisotopic (exact) mass is 275 g/mol. The van der Waals surface area contributed by atoms with Gasteiger partial charge in [0.05, 0.1) is 6.07 Å². The van der Waals surface area contributed by atoms with Crippen molar-refractivity contribution in [1.29, 1.82) is 5.26 Å². The molecule has 1 aliphatic rings. The van der Waals surface area contributed by atoms with Gasteiger partial charge in [-0.25, -0.2) is 4.39 Å². The van der Waals surface area contributed by atoms with E-state index < -0.39 is 5.54 Å². The first kappa shape index (κ1) is 14.8. The van der Waals surface area contributed by atoms with E-state index in [-0.39, 0.29) is 5.82 Å². The highest BCUT2D eigenvalue weighted by molar-refractivity contribution is 5.46. The number of halogens is 1. The van der Waals surface area contributed by atoms with Crippen LogP contribution < -0.4 is 10.2 Å². The van der Waals surface area contributed by atoms with Gasteiger partial charge in [-0.1, -0.05) is 0 Å². The second-order valence-electron chi connectivity index (χ2n) is 5.67. The van der Waals surface area contributed by atoms with Crippen molar-refractivity contribution in [2.45, 2.75) is 44.7 Å². The van der Waals surface area contributed by atoms with Crippen molar-refractivity contribution in [2.24, 2.45) is 0 Å². The Morgan fingerprint density at radius 2 is 2.05 bits per heavy atom. The summed E-state index contributed by atoms with van der Waals surface area (Å²) in [6.07, 6.45) is 3.10. The van der Waals surface area contributed by atoms with Gasteiger partial charge in [0, 0.05) is 24.8 Å². The van der Waals surface area contributed by atoms with Crippen molar-refractivity contribution >= 4 is 5.69 Å². The summed E-state index contributed by atoms with van der Waals surface area (Å²) in [6.45, 7) is 5.66. The maximum atomic E-state index is 13.0. The molecular weight excluding hydrogens is 253 g/mol. The molecule has 1 aliphatic carbocycles. The van der Waals surface area contributed by atoms with Crippen LogP contribution in [0, 0.1) is 17.1 Å². The first-order chi connectivity index (χ1) is 9.56. The number of rotatable bonds is 7. The average molecular weight is 275 g/mol. The normalized spacial score (nSPS) is 17.3. The zero-order valence-corrected chi connectivity index (χ0v) is 12.2. The van der Waals surface area contributed by atoms with E-state index in [0.717, 1.165) is 25.2 Å². The minimum Gasteiger partial charge on any atom is -0.372 e. The van der Waals surface area contributed by atoms with Gasteiger partial charge in [-0.3, -0.25) is 5.32 Å². The molecule has 108 valence electrons. The van der Waals surface area contributed by atoms with Crippen molar-refractivity contribution in [3.63, 3.8) is 0 Å². The van der Waals surface area contributed by atoms with E-state index in [0.29, 0.717) is 6.04 Å². The Labute approximate surface area is 120 Å². The molecule has 0 amide bonds. The molecular formula is C16H22FN3. The predicted molar refractivity (Wildman–Crippen MR) is 79.1 cm³/mol. The molecule has 4 heteroatoms. The molecule has 1 fully saturated rings. The van der Waals surface area contributed by atoms with Crippen LogP contribution in [0.3, 0.4) is 0 Å². The Hall–Kier alpha value is -1.60. The standard InChI is InChI=1S/C16H22FN3/c1-3-20(15-8-4-13(17)5-9-15)11-10-16(2,12-18)19-14-6-7-14/h4-5,8-9,14,19H,3,6-7,10-11H2,1-2H3. The van der Waals surface area contributed by atoms with Crippen LogP contribution in [0.4, 0.5) is 10.1 Å². The lowest BCUT2D eigenvalue weighted by atomic mass is 9.99. The second-order valence-corrected chi connectivity index (χ2v) is 5.67. The Balaban J connectivity index is 1.95. The van der Waals surface area contributed by atoms with Crippen molar-refractivity contribution < 1.29 is 4.39 Å². The molecule has 20 heavy (non-hydrogen) atoms. The molecule has 0 saturated heterocycles. The summed E-state index contributed by atoms with van der Waals surface area (Å²) in [4.78, 5) is 2.17. The topological polar surface area (TPSA) is 39.1 Å². The molecule has 1 N–H and O–H groups in total. The maximum absolute atomic E-state index is 13.0. The zero-order valence-electron chi connectivity index (χ0n) is 12.2. The van der Waals surface area contributed by atoms with E-state index in [9.17, 15) is 9.65 Å². The first-order valence-corrected chi connectivity index (χ1v) is 7.26. The zero-order chi connectivity index (χ0) is 14.6.